The summed E-state index contributed by atoms with van der Waals surface area (Å²) in [5.41, 5.74) is 3.06. The lowest BCUT2D eigenvalue weighted by Gasteiger charge is -2.22. The number of para-hydroxylation sites is 1. The topological polar surface area (TPSA) is 74.8 Å². The second-order valence-corrected chi connectivity index (χ2v) is 10.6. The van der Waals surface area contributed by atoms with Gasteiger partial charge in [0.05, 0.1) is 29.0 Å². The molecule has 6 nitrogen and oxygen atoms in total. The van der Waals surface area contributed by atoms with E-state index in [9.17, 15) is 18.0 Å². The molecule has 2 atom stereocenters. The number of aryl methyl sites for hydroxylation is 1. The molecule has 2 aromatic carbocycles. The molecule has 2 heterocycles. The fourth-order valence-corrected chi connectivity index (χ4v) is 7.05. The molecule has 0 N–H and O–H groups in total. The Hall–Kier alpha value is -2.67. The predicted molar refractivity (Wildman–Crippen MR) is 117 cm³/mol. The van der Waals surface area contributed by atoms with Crippen LogP contribution in [0.3, 0.4) is 0 Å². The number of rotatable bonds is 4. The van der Waals surface area contributed by atoms with Gasteiger partial charge in [-0.3, -0.25) is 18.8 Å². The molecule has 0 bridgehead atoms. The Bertz CT molecular complexity index is 1150. The van der Waals surface area contributed by atoms with E-state index in [-0.39, 0.29) is 35.1 Å². The summed E-state index contributed by atoms with van der Waals surface area (Å²) in [6.45, 7) is 2.32. The van der Waals surface area contributed by atoms with Gasteiger partial charge in [-0.15, -0.1) is 0 Å². The summed E-state index contributed by atoms with van der Waals surface area (Å²) in [6.07, 6.45) is 4.20. The molecule has 7 heteroatoms. The summed E-state index contributed by atoms with van der Waals surface area (Å²) in [5, 5.41) is 0. The van der Waals surface area contributed by atoms with Crippen molar-refractivity contribution >= 4 is 27.5 Å². The molecule has 0 spiro atoms. The first-order valence-corrected chi connectivity index (χ1v) is 12.4. The molecule has 1 saturated carbocycles. The van der Waals surface area contributed by atoms with Crippen LogP contribution in [-0.4, -0.2) is 31.7 Å². The van der Waals surface area contributed by atoms with Gasteiger partial charge in [-0.1, -0.05) is 43.2 Å². The van der Waals surface area contributed by atoms with Crippen LogP contribution < -0.4 is 4.31 Å². The van der Waals surface area contributed by atoms with Crippen molar-refractivity contribution in [1.29, 1.82) is 0 Å². The number of fused-ring (bicyclic) bond motifs is 2. The SMILES string of the molecule is Cc1ccc(CN2C(=O)[C@H]3CCCC[C@H]3C2=O)cc1S(=O)(=O)N1CCc2ccccc21. The van der Waals surface area contributed by atoms with Gasteiger partial charge < -0.3 is 0 Å². The number of nitrogens with zero attached hydrogens (tertiary/aromatic N) is 2. The summed E-state index contributed by atoms with van der Waals surface area (Å²) in [4.78, 5) is 27.2. The number of benzene rings is 2. The van der Waals surface area contributed by atoms with Crippen LogP contribution in [-0.2, 0) is 32.6 Å². The molecule has 3 aliphatic rings. The predicted octanol–water partition coefficient (Wildman–Crippen LogP) is 3.42. The Balaban J connectivity index is 1.45. The van der Waals surface area contributed by atoms with Crippen molar-refractivity contribution in [3.05, 3.63) is 59.2 Å². The van der Waals surface area contributed by atoms with E-state index >= 15 is 0 Å². The van der Waals surface area contributed by atoms with Gasteiger partial charge in [0.15, 0.2) is 0 Å². The van der Waals surface area contributed by atoms with Gasteiger partial charge in [0, 0.05) is 6.54 Å². The standard InChI is InChI=1S/C24H26N2O4S/c1-16-10-11-17(15-25-23(27)19-7-3-4-8-20(19)24(25)28)14-22(16)31(29,30)26-13-12-18-6-2-5-9-21(18)26/h2,5-6,9-11,14,19-20H,3-4,7-8,12-13,15H2,1H3/t19-,20+. The first kappa shape index (κ1) is 20.2. The highest BCUT2D eigenvalue weighted by Gasteiger charge is 2.48. The number of hydrogen-bond acceptors (Lipinski definition) is 4. The first-order chi connectivity index (χ1) is 14.9. The van der Waals surface area contributed by atoms with Crippen molar-refractivity contribution < 1.29 is 18.0 Å². The zero-order valence-corrected chi connectivity index (χ0v) is 18.4. The van der Waals surface area contributed by atoms with E-state index in [4.69, 9.17) is 0 Å². The molecule has 2 amide bonds. The molecular weight excluding hydrogens is 412 g/mol. The molecule has 0 unspecified atom stereocenters. The largest absolute Gasteiger partial charge is 0.278 e. The minimum Gasteiger partial charge on any atom is -0.278 e. The molecule has 2 fully saturated rings. The Morgan fingerprint density at radius 2 is 1.65 bits per heavy atom. The number of sulfonamides is 1. The summed E-state index contributed by atoms with van der Waals surface area (Å²) in [5.74, 6) is -0.603. The van der Waals surface area contributed by atoms with E-state index in [0.29, 0.717) is 24.1 Å². The highest BCUT2D eigenvalue weighted by molar-refractivity contribution is 7.93. The fourth-order valence-electron chi connectivity index (χ4n) is 5.27. The van der Waals surface area contributed by atoms with Crippen LogP contribution in [0, 0.1) is 18.8 Å². The van der Waals surface area contributed by atoms with Crippen molar-refractivity contribution in [2.75, 3.05) is 10.8 Å². The quantitative estimate of drug-likeness (QED) is 0.686. The second kappa shape index (κ2) is 7.48. The van der Waals surface area contributed by atoms with Crippen LogP contribution in [0.2, 0.25) is 0 Å². The Kier molecular flexibility index (Phi) is 4.88. The lowest BCUT2D eigenvalue weighted by molar-refractivity contribution is -0.140. The lowest BCUT2D eigenvalue weighted by Crippen LogP contribution is -2.31. The van der Waals surface area contributed by atoms with Crippen molar-refractivity contribution in [2.24, 2.45) is 11.8 Å². The monoisotopic (exact) mass is 438 g/mol. The molecule has 0 radical (unpaired) electrons. The average Bonchev–Trinajstić information content (AvgIpc) is 3.31. The second-order valence-electron chi connectivity index (χ2n) is 8.82. The van der Waals surface area contributed by atoms with Crippen LogP contribution >= 0.6 is 0 Å². The van der Waals surface area contributed by atoms with Crippen molar-refractivity contribution in [2.45, 2.75) is 50.5 Å². The van der Waals surface area contributed by atoms with Gasteiger partial charge >= 0.3 is 0 Å². The van der Waals surface area contributed by atoms with Crippen LogP contribution in [0.15, 0.2) is 47.4 Å². The van der Waals surface area contributed by atoms with E-state index in [1.807, 2.05) is 30.3 Å². The van der Waals surface area contributed by atoms with Gasteiger partial charge in [-0.05, 0) is 55.0 Å². The van der Waals surface area contributed by atoms with E-state index in [2.05, 4.69) is 0 Å². The van der Waals surface area contributed by atoms with E-state index < -0.39 is 10.0 Å². The third-order valence-electron chi connectivity index (χ3n) is 6.94. The number of carbonyl (C=O) groups is 2. The minimum absolute atomic E-state index is 0.104. The van der Waals surface area contributed by atoms with Gasteiger partial charge in [0.25, 0.3) is 10.0 Å². The molecule has 0 aromatic heterocycles. The van der Waals surface area contributed by atoms with E-state index in [0.717, 1.165) is 36.9 Å². The molecule has 162 valence electrons. The Morgan fingerprint density at radius 3 is 2.35 bits per heavy atom. The molecule has 1 aliphatic carbocycles. The Labute approximate surface area is 182 Å². The highest BCUT2D eigenvalue weighted by Crippen LogP contribution is 2.39. The summed E-state index contributed by atoms with van der Waals surface area (Å²) in [6, 6.07) is 12.8. The summed E-state index contributed by atoms with van der Waals surface area (Å²) >= 11 is 0. The maximum atomic E-state index is 13.5. The first-order valence-electron chi connectivity index (χ1n) is 10.9. The fraction of sp³-hybridized carbons (Fsp3) is 0.417. The van der Waals surface area contributed by atoms with Gasteiger partial charge in [0.1, 0.15) is 0 Å². The summed E-state index contributed by atoms with van der Waals surface area (Å²) in [7, 11) is -3.74. The van der Waals surface area contributed by atoms with Crippen molar-refractivity contribution in [1.82, 2.24) is 4.90 Å². The number of hydrogen-bond donors (Lipinski definition) is 0. The maximum absolute atomic E-state index is 13.5. The normalized spacial score (nSPS) is 23.3. The molecular formula is C24H26N2O4S. The van der Waals surface area contributed by atoms with Gasteiger partial charge in [-0.2, -0.15) is 0 Å². The molecule has 1 saturated heterocycles. The van der Waals surface area contributed by atoms with Gasteiger partial charge in [-0.25, -0.2) is 8.42 Å². The number of anilines is 1. The number of likely N-dealkylation sites (tertiary alicyclic amines) is 1. The molecule has 31 heavy (non-hydrogen) atoms. The van der Waals surface area contributed by atoms with Crippen LogP contribution in [0.5, 0.6) is 0 Å². The Morgan fingerprint density at radius 1 is 0.968 bits per heavy atom. The molecule has 5 rings (SSSR count). The number of amides is 2. The highest BCUT2D eigenvalue weighted by atomic mass is 32.2. The zero-order valence-electron chi connectivity index (χ0n) is 17.6. The average molecular weight is 439 g/mol. The third kappa shape index (κ3) is 3.26. The van der Waals surface area contributed by atoms with Crippen molar-refractivity contribution in [3.8, 4) is 0 Å². The van der Waals surface area contributed by atoms with Crippen LogP contribution in [0.25, 0.3) is 0 Å². The molecule has 2 aromatic rings. The number of imide groups is 1. The zero-order chi connectivity index (χ0) is 21.8. The number of carbonyl (C=O) groups excluding carboxylic acids is 2. The minimum atomic E-state index is -3.74. The van der Waals surface area contributed by atoms with E-state index in [1.54, 1.807) is 19.1 Å². The smallest absolute Gasteiger partial charge is 0.264 e. The van der Waals surface area contributed by atoms with Gasteiger partial charge in [0.2, 0.25) is 11.8 Å². The van der Waals surface area contributed by atoms with Crippen LogP contribution in [0.1, 0.15) is 42.4 Å². The van der Waals surface area contributed by atoms with Crippen LogP contribution in [0.4, 0.5) is 5.69 Å². The lowest BCUT2D eigenvalue weighted by atomic mass is 9.81. The van der Waals surface area contributed by atoms with E-state index in [1.165, 1.54) is 9.21 Å². The summed E-state index contributed by atoms with van der Waals surface area (Å²) < 4.78 is 28.5. The molecule has 2 aliphatic heterocycles. The third-order valence-corrected chi connectivity index (χ3v) is 8.89. The van der Waals surface area contributed by atoms with Crippen molar-refractivity contribution in [3.63, 3.8) is 0 Å². The maximum Gasteiger partial charge on any atom is 0.264 e.